The molecule has 0 aliphatic heterocycles. The number of phenolic OH excluding ortho intramolecular Hbond substituents is 1. The summed E-state index contributed by atoms with van der Waals surface area (Å²) in [4.78, 5) is 15.8. The molecule has 0 spiro atoms. The van der Waals surface area contributed by atoms with Crippen LogP contribution in [0.4, 0.5) is 5.82 Å². The number of phenols is 1. The molecule has 4 nitrogen and oxygen atoms in total. The van der Waals surface area contributed by atoms with Gasteiger partial charge >= 0.3 is 0 Å². The second-order valence-corrected chi connectivity index (χ2v) is 4.72. The molecule has 6 heteroatoms. The fraction of sp³-hybridized carbons (Fsp3) is 0. The molecule has 0 atom stereocenters. The van der Waals surface area contributed by atoms with Crippen LogP contribution in [0.2, 0.25) is 5.02 Å². The number of hydrogen-bond donors (Lipinski definition) is 2. The van der Waals surface area contributed by atoms with Crippen molar-refractivity contribution in [3.8, 4) is 5.75 Å². The number of anilines is 1. The van der Waals surface area contributed by atoms with E-state index in [-0.39, 0.29) is 11.6 Å². The Morgan fingerprint density at radius 2 is 2.17 bits per heavy atom. The van der Waals surface area contributed by atoms with Crippen molar-refractivity contribution in [2.75, 3.05) is 5.32 Å². The van der Waals surface area contributed by atoms with Crippen LogP contribution < -0.4 is 5.32 Å². The van der Waals surface area contributed by atoms with E-state index < -0.39 is 5.91 Å². The number of aromatic nitrogens is 1. The van der Waals surface area contributed by atoms with Crippen molar-refractivity contribution in [1.82, 2.24) is 4.98 Å². The van der Waals surface area contributed by atoms with Gasteiger partial charge < -0.3 is 10.4 Å². The molecule has 0 unspecified atom stereocenters. The third-order valence-corrected chi connectivity index (χ3v) is 3.17. The number of rotatable bonds is 2. The molecule has 0 fully saturated rings. The molecule has 1 aromatic heterocycles. The molecule has 0 aliphatic carbocycles. The minimum absolute atomic E-state index is 0.00484. The normalized spacial score (nSPS) is 10.1. The highest BCUT2D eigenvalue weighted by Gasteiger charge is 2.10. The van der Waals surface area contributed by atoms with Crippen molar-refractivity contribution in [1.29, 1.82) is 0 Å². The maximum absolute atomic E-state index is 11.9. The molecule has 0 saturated carbocycles. The minimum Gasteiger partial charge on any atom is -0.507 e. The minimum atomic E-state index is -0.390. The maximum Gasteiger partial charge on any atom is 0.256 e. The number of nitrogens with one attached hydrogen (secondary N) is 1. The molecule has 1 heterocycles. The molecule has 2 N–H and O–H groups in total. The number of carbonyl (C=O) groups is 1. The number of halogens is 2. The molecule has 18 heavy (non-hydrogen) atoms. The van der Waals surface area contributed by atoms with Crippen molar-refractivity contribution in [2.45, 2.75) is 0 Å². The third kappa shape index (κ3) is 2.80. The summed E-state index contributed by atoms with van der Waals surface area (Å²) in [5.74, 6) is -0.111. The van der Waals surface area contributed by atoms with E-state index >= 15 is 0 Å². The van der Waals surface area contributed by atoms with Crippen LogP contribution in [0.15, 0.2) is 41.0 Å². The summed E-state index contributed by atoms with van der Waals surface area (Å²) in [6.45, 7) is 0. The summed E-state index contributed by atoms with van der Waals surface area (Å²) < 4.78 is 0.523. The molecule has 0 aliphatic rings. The van der Waals surface area contributed by atoms with E-state index in [9.17, 15) is 9.90 Å². The lowest BCUT2D eigenvalue weighted by Gasteiger charge is -2.06. The summed E-state index contributed by atoms with van der Waals surface area (Å²) in [6, 6.07) is 7.82. The molecule has 2 aromatic rings. The SMILES string of the molecule is O=C(Nc1ncccc1Cl)c1ccc(Br)c(O)c1. The number of hydrogen-bond acceptors (Lipinski definition) is 3. The molecule has 1 amide bonds. The van der Waals surface area contributed by atoms with Crippen LogP contribution in [0, 0.1) is 0 Å². The van der Waals surface area contributed by atoms with E-state index in [2.05, 4.69) is 26.2 Å². The van der Waals surface area contributed by atoms with Crippen LogP contribution in [0.5, 0.6) is 5.75 Å². The number of pyridine rings is 1. The van der Waals surface area contributed by atoms with Gasteiger partial charge in [-0.15, -0.1) is 0 Å². The summed E-state index contributed by atoms with van der Waals surface area (Å²) >= 11 is 9.02. The lowest BCUT2D eigenvalue weighted by atomic mass is 10.2. The van der Waals surface area contributed by atoms with E-state index in [1.54, 1.807) is 24.3 Å². The van der Waals surface area contributed by atoms with Gasteiger partial charge in [0.15, 0.2) is 5.82 Å². The van der Waals surface area contributed by atoms with Gasteiger partial charge in [-0.3, -0.25) is 4.79 Å². The van der Waals surface area contributed by atoms with Gasteiger partial charge in [-0.25, -0.2) is 4.98 Å². The molecule has 92 valence electrons. The molecule has 0 bridgehead atoms. The zero-order valence-electron chi connectivity index (χ0n) is 9.02. The molecular formula is C12H8BrClN2O2. The standard InChI is InChI=1S/C12H8BrClN2O2/c13-8-4-3-7(6-10(8)17)12(18)16-11-9(14)2-1-5-15-11/h1-6,17H,(H,15,16,18). The predicted molar refractivity (Wildman–Crippen MR) is 73.0 cm³/mol. The molecule has 2 rings (SSSR count). The number of carbonyl (C=O) groups excluding carboxylic acids is 1. The fourth-order valence-electron chi connectivity index (χ4n) is 1.31. The Morgan fingerprint density at radius 1 is 1.39 bits per heavy atom. The fourth-order valence-corrected chi connectivity index (χ4v) is 1.73. The highest BCUT2D eigenvalue weighted by molar-refractivity contribution is 9.10. The van der Waals surface area contributed by atoms with E-state index in [0.29, 0.717) is 15.1 Å². The Kier molecular flexibility index (Phi) is 3.84. The quantitative estimate of drug-likeness (QED) is 0.888. The Hall–Kier alpha value is -1.59. The van der Waals surface area contributed by atoms with Crippen molar-refractivity contribution in [2.24, 2.45) is 0 Å². The first-order valence-corrected chi connectivity index (χ1v) is 6.15. The Labute approximate surface area is 117 Å². The van der Waals surface area contributed by atoms with Crippen LogP contribution >= 0.6 is 27.5 Å². The summed E-state index contributed by atoms with van der Waals surface area (Å²) in [6.07, 6.45) is 1.53. The summed E-state index contributed by atoms with van der Waals surface area (Å²) in [5, 5.41) is 12.4. The van der Waals surface area contributed by atoms with E-state index in [0.717, 1.165) is 0 Å². The third-order valence-electron chi connectivity index (χ3n) is 2.20. The van der Waals surface area contributed by atoms with Gasteiger partial charge in [0.25, 0.3) is 5.91 Å². The maximum atomic E-state index is 11.9. The van der Waals surface area contributed by atoms with Crippen LogP contribution in [0.1, 0.15) is 10.4 Å². The van der Waals surface area contributed by atoms with Crippen molar-refractivity contribution >= 4 is 39.3 Å². The van der Waals surface area contributed by atoms with Gasteiger partial charge in [-0.2, -0.15) is 0 Å². The number of benzene rings is 1. The average Bonchev–Trinajstić information content (AvgIpc) is 2.35. The number of amides is 1. The molecule has 0 saturated heterocycles. The monoisotopic (exact) mass is 326 g/mol. The van der Waals surface area contributed by atoms with Gasteiger partial charge in [0.2, 0.25) is 0 Å². The topological polar surface area (TPSA) is 62.2 Å². The molecular weight excluding hydrogens is 320 g/mol. The lowest BCUT2D eigenvalue weighted by molar-refractivity contribution is 0.102. The molecule has 0 radical (unpaired) electrons. The number of nitrogens with zero attached hydrogens (tertiary/aromatic N) is 1. The highest BCUT2D eigenvalue weighted by Crippen LogP contribution is 2.25. The van der Waals surface area contributed by atoms with Crippen LogP contribution in [-0.4, -0.2) is 16.0 Å². The Morgan fingerprint density at radius 3 is 2.83 bits per heavy atom. The second-order valence-electron chi connectivity index (χ2n) is 3.45. The Balaban J connectivity index is 2.22. The van der Waals surface area contributed by atoms with Gasteiger partial charge in [-0.05, 0) is 46.3 Å². The van der Waals surface area contributed by atoms with Crippen molar-refractivity contribution < 1.29 is 9.90 Å². The lowest BCUT2D eigenvalue weighted by Crippen LogP contribution is -2.13. The summed E-state index contributed by atoms with van der Waals surface area (Å²) in [7, 11) is 0. The Bertz CT molecular complexity index is 604. The van der Waals surface area contributed by atoms with E-state index in [4.69, 9.17) is 11.6 Å². The predicted octanol–water partition coefficient (Wildman–Crippen LogP) is 3.46. The first-order chi connectivity index (χ1) is 8.58. The second kappa shape index (κ2) is 5.37. The first kappa shape index (κ1) is 12.9. The first-order valence-electron chi connectivity index (χ1n) is 4.98. The van der Waals surface area contributed by atoms with Gasteiger partial charge in [0.05, 0.1) is 9.50 Å². The number of aromatic hydroxyl groups is 1. The molecule has 1 aromatic carbocycles. The average molecular weight is 328 g/mol. The van der Waals surface area contributed by atoms with Gasteiger partial charge in [-0.1, -0.05) is 11.6 Å². The van der Waals surface area contributed by atoms with Crippen molar-refractivity contribution in [3.63, 3.8) is 0 Å². The van der Waals surface area contributed by atoms with Crippen LogP contribution in [-0.2, 0) is 0 Å². The van der Waals surface area contributed by atoms with E-state index in [1.165, 1.54) is 12.3 Å². The van der Waals surface area contributed by atoms with Gasteiger partial charge in [0, 0.05) is 11.8 Å². The smallest absolute Gasteiger partial charge is 0.256 e. The summed E-state index contributed by atoms with van der Waals surface area (Å²) in [5.41, 5.74) is 0.317. The zero-order valence-corrected chi connectivity index (χ0v) is 11.4. The van der Waals surface area contributed by atoms with Gasteiger partial charge in [0.1, 0.15) is 5.75 Å². The highest BCUT2D eigenvalue weighted by atomic mass is 79.9. The van der Waals surface area contributed by atoms with Crippen molar-refractivity contribution in [3.05, 3.63) is 51.6 Å². The largest absolute Gasteiger partial charge is 0.507 e. The van der Waals surface area contributed by atoms with Crippen LogP contribution in [0.25, 0.3) is 0 Å². The zero-order chi connectivity index (χ0) is 13.1. The van der Waals surface area contributed by atoms with E-state index in [1.807, 2.05) is 0 Å². The van der Waals surface area contributed by atoms with Crippen LogP contribution in [0.3, 0.4) is 0 Å².